The molecule has 6 heteroatoms. The molecule has 4 aromatic rings. The SMILES string of the molecule is CCN(CC)c1ccc2c(C#N)c(-c3nc4cc(C)ccc4o3)c(=O)oc2c1. The van der Waals surface area contributed by atoms with E-state index in [1.807, 2.05) is 25.1 Å². The minimum absolute atomic E-state index is 0.0550. The normalized spacial score (nSPS) is 11.1. The number of rotatable bonds is 4. The lowest BCUT2D eigenvalue weighted by atomic mass is 10.0. The molecule has 0 unspecified atom stereocenters. The van der Waals surface area contributed by atoms with Crippen molar-refractivity contribution >= 4 is 27.8 Å². The van der Waals surface area contributed by atoms with Crippen LogP contribution in [-0.4, -0.2) is 18.1 Å². The van der Waals surface area contributed by atoms with E-state index in [0.29, 0.717) is 22.1 Å². The van der Waals surface area contributed by atoms with Crippen LogP contribution in [-0.2, 0) is 0 Å². The monoisotopic (exact) mass is 373 g/mol. The molecule has 2 heterocycles. The molecule has 0 saturated carbocycles. The van der Waals surface area contributed by atoms with Crippen LogP contribution in [0.1, 0.15) is 25.0 Å². The van der Waals surface area contributed by atoms with Crippen molar-refractivity contribution < 1.29 is 8.83 Å². The molecular weight excluding hydrogens is 354 g/mol. The molecule has 2 aromatic heterocycles. The third kappa shape index (κ3) is 2.81. The highest BCUT2D eigenvalue weighted by Crippen LogP contribution is 2.31. The first-order valence-corrected chi connectivity index (χ1v) is 9.19. The van der Waals surface area contributed by atoms with Gasteiger partial charge in [-0.25, -0.2) is 9.78 Å². The van der Waals surface area contributed by atoms with E-state index in [9.17, 15) is 10.1 Å². The Kier molecular flexibility index (Phi) is 4.36. The van der Waals surface area contributed by atoms with E-state index >= 15 is 0 Å². The number of anilines is 1. The third-order valence-electron chi connectivity index (χ3n) is 4.89. The predicted octanol–water partition coefficient (Wildman–Crippen LogP) is 4.63. The Balaban J connectivity index is 1.96. The molecule has 0 saturated heterocycles. The zero-order valence-corrected chi connectivity index (χ0v) is 15.9. The second-order valence-corrected chi connectivity index (χ2v) is 6.59. The zero-order chi connectivity index (χ0) is 19.8. The number of benzene rings is 2. The quantitative estimate of drug-likeness (QED) is 0.485. The molecule has 0 amide bonds. The van der Waals surface area contributed by atoms with E-state index in [2.05, 4.69) is 29.8 Å². The summed E-state index contributed by atoms with van der Waals surface area (Å²) in [6.07, 6.45) is 0. The van der Waals surface area contributed by atoms with Crippen molar-refractivity contribution in [3.63, 3.8) is 0 Å². The Hall–Kier alpha value is -3.59. The average Bonchev–Trinajstić information content (AvgIpc) is 3.10. The van der Waals surface area contributed by atoms with Crippen LogP contribution in [0.4, 0.5) is 5.69 Å². The molecule has 2 aromatic carbocycles. The number of nitrogens with zero attached hydrogens (tertiary/aromatic N) is 3. The molecule has 0 aliphatic carbocycles. The van der Waals surface area contributed by atoms with Crippen molar-refractivity contribution in [2.45, 2.75) is 20.8 Å². The lowest BCUT2D eigenvalue weighted by Crippen LogP contribution is -2.21. The number of oxazole rings is 1. The van der Waals surface area contributed by atoms with Crippen molar-refractivity contribution in [2.75, 3.05) is 18.0 Å². The van der Waals surface area contributed by atoms with Crippen molar-refractivity contribution in [1.82, 2.24) is 4.98 Å². The fourth-order valence-corrected chi connectivity index (χ4v) is 3.43. The first kappa shape index (κ1) is 17.8. The van der Waals surface area contributed by atoms with Gasteiger partial charge in [0.2, 0.25) is 5.89 Å². The topological polar surface area (TPSA) is 83.3 Å². The Morgan fingerprint density at radius 3 is 2.57 bits per heavy atom. The molecule has 4 rings (SSSR count). The molecular formula is C22H19N3O3. The summed E-state index contributed by atoms with van der Waals surface area (Å²) in [5.74, 6) is 0.0978. The summed E-state index contributed by atoms with van der Waals surface area (Å²) < 4.78 is 11.3. The number of hydrogen-bond donors (Lipinski definition) is 0. The van der Waals surface area contributed by atoms with Crippen LogP contribution in [0.2, 0.25) is 0 Å². The van der Waals surface area contributed by atoms with Crippen LogP contribution >= 0.6 is 0 Å². The number of hydrogen-bond acceptors (Lipinski definition) is 6. The van der Waals surface area contributed by atoms with Crippen molar-refractivity contribution in [3.05, 3.63) is 57.9 Å². The van der Waals surface area contributed by atoms with Crippen LogP contribution < -0.4 is 10.5 Å². The van der Waals surface area contributed by atoms with E-state index in [-0.39, 0.29) is 17.0 Å². The molecule has 0 bridgehead atoms. The lowest BCUT2D eigenvalue weighted by molar-refractivity contribution is 0.553. The maximum atomic E-state index is 12.7. The van der Waals surface area contributed by atoms with E-state index in [4.69, 9.17) is 8.83 Å². The number of nitriles is 1. The van der Waals surface area contributed by atoms with Crippen LogP contribution in [0.15, 0.2) is 50.0 Å². The summed E-state index contributed by atoms with van der Waals surface area (Å²) in [6.45, 7) is 7.73. The van der Waals surface area contributed by atoms with Gasteiger partial charge >= 0.3 is 5.63 Å². The predicted molar refractivity (Wildman–Crippen MR) is 109 cm³/mol. The minimum Gasteiger partial charge on any atom is -0.436 e. The Morgan fingerprint density at radius 1 is 1.07 bits per heavy atom. The average molecular weight is 373 g/mol. The van der Waals surface area contributed by atoms with Crippen LogP contribution in [0.3, 0.4) is 0 Å². The fourth-order valence-electron chi connectivity index (χ4n) is 3.43. The fraction of sp³-hybridized carbons (Fsp3) is 0.227. The van der Waals surface area contributed by atoms with Gasteiger partial charge in [-0.3, -0.25) is 0 Å². The maximum absolute atomic E-state index is 12.7. The Bertz CT molecular complexity index is 1290. The molecule has 140 valence electrons. The standard InChI is InChI=1S/C22H19N3O3/c1-4-25(5-2)14-7-8-15-16(12-23)20(22(26)28-19(15)11-14)21-24-17-10-13(3)6-9-18(17)27-21/h6-11H,4-5H2,1-3H3. The summed E-state index contributed by atoms with van der Waals surface area (Å²) in [5, 5.41) is 10.3. The van der Waals surface area contributed by atoms with Crippen molar-refractivity contribution in [3.8, 4) is 17.5 Å². The molecule has 0 fully saturated rings. The van der Waals surface area contributed by atoms with Crippen molar-refractivity contribution in [1.29, 1.82) is 5.26 Å². The molecule has 0 radical (unpaired) electrons. The summed E-state index contributed by atoms with van der Waals surface area (Å²) in [5.41, 5.74) is 3.17. The largest absolute Gasteiger partial charge is 0.436 e. The van der Waals surface area contributed by atoms with Gasteiger partial charge in [-0.1, -0.05) is 6.07 Å². The van der Waals surface area contributed by atoms with Gasteiger partial charge in [0.15, 0.2) is 5.58 Å². The van der Waals surface area contributed by atoms with Crippen LogP contribution in [0.5, 0.6) is 0 Å². The third-order valence-corrected chi connectivity index (χ3v) is 4.89. The Labute approximate surface area is 161 Å². The molecule has 0 N–H and O–H groups in total. The smallest absolute Gasteiger partial charge is 0.350 e. The van der Waals surface area contributed by atoms with E-state index in [1.54, 1.807) is 18.2 Å². The zero-order valence-electron chi connectivity index (χ0n) is 15.9. The summed E-state index contributed by atoms with van der Waals surface area (Å²) >= 11 is 0. The first-order chi connectivity index (χ1) is 13.5. The summed E-state index contributed by atoms with van der Waals surface area (Å²) in [4.78, 5) is 19.3. The van der Waals surface area contributed by atoms with Gasteiger partial charge in [-0.2, -0.15) is 5.26 Å². The van der Waals surface area contributed by atoms with Crippen LogP contribution in [0, 0.1) is 18.3 Å². The second kappa shape index (κ2) is 6.86. The highest BCUT2D eigenvalue weighted by Gasteiger charge is 2.22. The molecule has 6 nitrogen and oxygen atoms in total. The van der Waals surface area contributed by atoms with E-state index < -0.39 is 5.63 Å². The molecule has 0 aliphatic rings. The van der Waals surface area contributed by atoms with Gasteiger partial charge in [0, 0.05) is 30.2 Å². The Morgan fingerprint density at radius 2 is 1.86 bits per heavy atom. The molecule has 0 spiro atoms. The van der Waals surface area contributed by atoms with E-state index in [0.717, 1.165) is 24.3 Å². The van der Waals surface area contributed by atoms with Gasteiger partial charge in [0.05, 0.1) is 5.56 Å². The number of aryl methyl sites for hydroxylation is 1. The minimum atomic E-state index is -0.635. The molecule has 0 aliphatic heterocycles. The second-order valence-electron chi connectivity index (χ2n) is 6.59. The van der Waals surface area contributed by atoms with E-state index in [1.165, 1.54) is 0 Å². The van der Waals surface area contributed by atoms with Gasteiger partial charge in [-0.05, 0) is 50.6 Å². The molecule has 0 atom stereocenters. The van der Waals surface area contributed by atoms with Gasteiger partial charge in [0.1, 0.15) is 22.7 Å². The highest BCUT2D eigenvalue weighted by molar-refractivity contribution is 5.91. The first-order valence-electron chi connectivity index (χ1n) is 9.19. The number of aromatic nitrogens is 1. The van der Waals surface area contributed by atoms with Gasteiger partial charge in [0.25, 0.3) is 0 Å². The van der Waals surface area contributed by atoms with Gasteiger partial charge < -0.3 is 13.7 Å². The summed E-state index contributed by atoms with van der Waals surface area (Å²) in [6, 6.07) is 13.2. The highest BCUT2D eigenvalue weighted by atomic mass is 16.4. The van der Waals surface area contributed by atoms with Crippen molar-refractivity contribution in [2.24, 2.45) is 0 Å². The maximum Gasteiger partial charge on any atom is 0.350 e. The lowest BCUT2D eigenvalue weighted by Gasteiger charge is -2.21. The summed E-state index contributed by atoms with van der Waals surface area (Å²) in [7, 11) is 0. The number of fused-ring (bicyclic) bond motifs is 2. The van der Waals surface area contributed by atoms with Gasteiger partial charge in [-0.15, -0.1) is 0 Å². The molecule has 28 heavy (non-hydrogen) atoms. The van der Waals surface area contributed by atoms with Crippen LogP contribution in [0.25, 0.3) is 33.5 Å².